The number of carbonyl (C=O) groups excluding carboxylic acids is 1. The van der Waals surface area contributed by atoms with Gasteiger partial charge in [-0.15, -0.1) is 0 Å². The van der Waals surface area contributed by atoms with Crippen molar-refractivity contribution in [3.8, 4) is 11.5 Å². The topological polar surface area (TPSA) is 71.2 Å². The summed E-state index contributed by atoms with van der Waals surface area (Å²) in [7, 11) is 0. The second-order valence-corrected chi connectivity index (χ2v) is 8.87. The number of rotatable bonds is 2. The van der Waals surface area contributed by atoms with Crippen LogP contribution in [-0.4, -0.2) is 46.8 Å². The van der Waals surface area contributed by atoms with Gasteiger partial charge < -0.3 is 19.8 Å². The number of ether oxygens (including phenoxy) is 1. The van der Waals surface area contributed by atoms with Crippen LogP contribution in [0, 0.1) is 5.92 Å². The minimum absolute atomic E-state index is 0.0810. The van der Waals surface area contributed by atoms with Crippen LogP contribution in [0.5, 0.6) is 11.5 Å². The normalized spacial score (nSPS) is 43.6. The quantitative estimate of drug-likeness (QED) is 0.713. The van der Waals surface area contributed by atoms with Gasteiger partial charge in [0.05, 0.1) is 18.5 Å². The zero-order valence-electron chi connectivity index (χ0n) is 14.3. The van der Waals surface area contributed by atoms with Crippen molar-refractivity contribution in [2.45, 2.75) is 61.7 Å². The molecule has 3 N–H and O–H groups in total. The molecule has 6 rings (SSSR count). The van der Waals surface area contributed by atoms with Crippen LogP contribution in [0.25, 0.3) is 0 Å². The average Bonchev–Trinajstić information content (AvgIpc) is 3.32. The number of ketones is 1. The summed E-state index contributed by atoms with van der Waals surface area (Å²) >= 11 is 0. The predicted molar refractivity (Wildman–Crippen MR) is 88.9 cm³/mol. The van der Waals surface area contributed by atoms with Crippen LogP contribution < -0.4 is 9.64 Å². The van der Waals surface area contributed by atoms with Gasteiger partial charge in [0.1, 0.15) is 11.6 Å². The summed E-state index contributed by atoms with van der Waals surface area (Å²) in [5.41, 5.74) is 0.546. The first-order chi connectivity index (χ1) is 12.0. The third kappa shape index (κ3) is 1.56. The van der Waals surface area contributed by atoms with Crippen LogP contribution in [0.3, 0.4) is 0 Å². The minimum Gasteiger partial charge on any atom is -0.504 e. The lowest BCUT2D eigenvalue weighted by atomic mass is 9.49. The molecule has 1 saturated heterocycles. The fourth-order valence-electron chi connectivity index (χ4n) is 6.49. The van der Waals surface area contributed by atoms with Gasteiger partial charge in [-0.2, -0.15) is 0 Å². The van der Waals surface area contributed by atoms with Crippen molar-refractivity contribution in [3.63, 3.8) is 0 Å². The Labute approximate surface area is 146 Å². The smallest absolute Gasteiger partial charge is 0.174 e. The Kier molecular flexibility index (Phi) is 2.55. The first-order valence-corrected chi connectivity index (χ1v) is 9.66. The van der Waals surface area contributed by atoms with Gasteiger partial charge in [-0.25, -0.2) is 0 Å². The zero-order valence-corrected chi connectivity index (χ0v) is 14.3. The standard InChI is InChI=1S/C20H23NO4/c22-13-4-3-12-9-15-20(24)6-5-14(23)18-19(20,16(12)17(13)25-18)7-8-21(15)10-11-1-2-11/h3-4,11,15,18,22,24H,1-2,5-10H2/p+1/t15-,18+,19+,20-/m0/s1. The summed E-state index contributed by atoms with van der Waals surface area (Å²) in [5.74, 6) is 1.45. The number of aromatic hydroxyl groups is 1. The zero-order chi connectivity index (χ0) is 17.0. The number of phenols is 1. The molecule has 0 radical (unpaired) electrons. The lowest BCUT2D eigenvalue weighted by Gasteiger charge is -2.60. The second-order valence-electron chi connectivity index (χ2n) is 8.87. The molecule has 1 aromatic carbocycles. The fourth-order valence-corrected chi connectivity index (χ4v) is 6.49. The number of nitrogens with one attached hydrogen (secondary N) is 1. The number of benzene rings is 1. The van der Waals surface area contributed by atoms with Gasteiger partial charge in [0.15, 0.2) is 23.4 Å². The first kappa shape index (κ1) is 14.6. The van der Waals surface area contributed by atoms with Crippen molar-refractivity contribution < 1.29 is 24.6 Å². The van der Waals surface area contributed by atoms with E-state index in [1.807, 2.05) is 6.07 Å². The molecule has 0 aromatic heterocycles. The van der Waals surface area contributed by atoms with Gasteiger partial charge in [-0.05, 0) is 30.9 Å². The molecule has 1 spiro atoms. The molecule has 1 unspecified atom stereocenters. The number of likely N-dealkylation sites (tertiary alicyclic amines) is 1. The molecule has 5 atom stereocenters. The predicted octanol–water partition coefficient (Wildman–Crippen LogP) is 0.108. The van der Waals surface area contributed by atoms with Crippen LogP contribution in [0.4, 0.5) is 0 Å². The molecule has 3 fully saturated rings. The Morgan fingerprint density at radius 3 is 2.92 bits per heavy atom. The highest BCUT2D eigenvalue weighted by Crippen LogP contribution is 2.62. The Balaban J connectivity index is 1.58. The van der Waals surface area contributed by atoms with Gasteiger partial charge in [0.25, 0.3) is 0 Å². The molecule has 2 bridgehead atoms. The highest BCUT2D eigenvalue weighted by molar-refractivity contribution is 5.89. The van der Waals surface area contributed by atoms with E-state index in [2.05, 4.69) is 0 Å². The number of aliphatic hydroxyl groups is 1. The van der Waals surface area contributed by atoms with E-state index < -0.39 is 17.1 Å². The SMILES string of the molecule is O=C1CC[C@]2(O)[C@@H]3Cc4ccc(O)c5c4[C@]2(CC[NH+]3CC2CC2)[C@@H]1O5. The maximum Gasteiger partial charge on any atom is 0.174 e. The Morgan fingerprint density at radius 1 is 1.28 bits per heavy atom. The van der Waals surface area contributed by atoms with Crippen molar-refractivity contribution in [1.29, 1.82) is 0 Å². The van der Waals surface area contributed by atoms with E-state index in [0.717, 1.165) is 43.0 Å². The molecule has 1 aromatic rings. The number of Topliss-reactive ketones (excluding diaryl/α,β-unsaturated/α-hetero) is 1. The highest BCUT2D eigenvalue weighted by atomic mass is 16.5. The van der Waals surface area contributed by atoms with Gasteiger partial charge in [-0.1, -0.05) is 6.07 Å². The molecular formula is C20H24NO4+. The van der Waals surface area contributed by atoms with Crippen molar-refractivity contribution in [1.82, 2.24) is 0 Å². The van der Waals surface area contributed by atoms with E-state index >= 15 is 0 Å². The molecule has 2 saturated carbocycles. The Morgan fingerprint density at radius 2 is 2.12 bits per heavy atom. The molecule has 2 aliphatic heterocycles. The van der Waals surface area contributed by atoms with Crippen molar-refractivity contribution in [2.75, 3.05) is 13.1 Å². The largest absolute Gasteiger partial charge is 0.504 e. The van der Waals surface area contributed by atoms with Crippen LogP contribution in [0.2, 0.25) is 0 Å². The summed E-state index contributed by atoms with van der Waals surface area (Å²) in [6.07, 6.45) is 4.49. The molecule has 5 nitrogen and oxygen atoms in total. The molecule has 0 amide bonds. The van der Waals surface area contributed by atoms with Crippen LogP contribution in [0.15, 0.2) is 12.1 Å². The van der Waals surface area contributed by atoms with E-state index in [1.165, 1.54) is 17.7 Å². The van der Waals surface area contributed by atoms with Crippen molar-refractivity contribution >= 4 is 5.78 Å². The molecular weight excluding hydrogens is 318 g/mol. The lowest BCUT2D eigenvalue weighted by molar-refractivity contribution is -0.943. The summed E-state index contributed by atoms with van der Waals surface area (Å²) in [6.45, 7) is 2.12. The third-order valence-corrected chi connectivity index (χ3v) is 7.75. The fraction of sp³-hybridized carbons (Fsp3) is 0.650. The maximum absolute atomic E-state index is 12.7. The van der Waals surface area contributed by atoms with E-state index in [0.29, 0.717) is 18.6 Å². The molecule has 3 aliphatic carbocycles. The Bertz CT molecular complexity index is 803. The molecule has 5 heteroatoms. The van der Waals surface area contributed by atoms with E-state index in [4.69, 9.17) is 4.74 Å². The number of hydrogen-bond acceptors (Lipinski definition) is 4. The highest BCUT2D eigenvalue weighted by Gasteiger charge is 2.75. The number of quaternary nitrogens is 1. The van der Waals surface area contributed by atoms with Crippen LogP contribution >= 0.6 is 0 Å². The molecule has 132 valence electrons. The van der Waals surface area contributed by atoms with Gasteiger partial charge in [-0.3, -0.25) is 4.79 Å². The summed E-state index contributed by atoms with van der Waals surface area (Å²) in [5, 5.41) is 22.3. The minimum atomic E-state index is -0.903. The molecule has 25 heavy (non-hydrogen) atoms. The van der Waals surface area contributed by atoms with Crippen LogP contribution in [0.1, 0.15) is 43.2 Å². The van der Waals surface area contributed by atoms with Crippen molar-refractivity contribution in [3.05, 3.63) is 23.3 Å². The number of carbonyl (C=O) groups is 1. The van der Waals surface area contributed by atoms with Crippen LogP contribution in [-0.2, 0) is 16.6 Å². The summed E-state index contributed by atoms with van der Waals surface area (Å²) in [6, 6.07) is 3.80. The number of piperidine rings is 1. The van der Waals surface area contributed by atoms with Crippen molar-refractivity contribution in [2.24, 2.45) is 5.92 Å². The first-order valence-electron chi connectivity index (χ1n) is 9.66. The number of hydrogen-bond donors (Lipinski definition) is 3. The van der Waals surface area contributed by atoms with E-state index in [1.54, 1.807) is 6.07 Å². The van der Waals surface area contributed by atoms with Gasteiger partial charge in [0.2, 0.25) is 0 Å². The molecule has 2 heterocycles. The van der Waals surface area contributed by atoms with E-state index in [-0.39, 0.29) is 17.6 Å². The van der Waals surface area contributed by atoms with Gasteiger partial charge in [0, 0.05) is 30.7 Å². The number of phenolic OH excluding ortho intramolecular Hbond substituents is 1. The maximum atomic E-state index is 12.7. The third-order valence-electron chi connectivity index (χ3n) is 7.75. The monoisotopic (exact) mass is 342 g/mol. The average molecular weight is 342 g/mol. The second kappa shape index (κ2) is 4.38. The summed E-state index contributed by atoms with van der Waals surface area (Å²) in [4.78, 5) is 14.2. The Hall–Kier alpha value is -1.59. The summed E-state index contributed by atoms with van der Waals surface area (Å²) < 4.78 is 6.05. The van der Waals surface area contributed by atoms with E-state index in [9.17, 15) is 15.0 Å². The molecule has 5 aliphatic rings. The van der Waals surface area contributed by atoms with Gasteiger partial charge >= 0.3 is 0 Å². The lowest BCUT2D eigenvalue weighted by Crippen LogP contribution is -3.21.